The maximum Gasteiger partial charge on any atom is 0.313 e. The molecule has 6 nitrogen and oxygen atoms in total. The number of rotatable bonds is 5. The van der Waals surface area contributed by atoms with Crippen molar-refractivity contribution >= 4 is 23.2 Å². The molecule has 2 amide bonds. The number of nitrogens with zero attached hydrogens (tertiary/aromatic N) is 2. The molecule has 4 rings (SSSR count). The summed E-state index contributed by atoms with van der Waals surface area (Å²) in [5, 5.41) is 5.67. The molecule has 0 bridgehead atoms. The number of amides is 2. The standard InChI is InChI=1S/C25H32N4O2/c1-17-7-6-8-18(2)23(17)27-25(31)24(30)26-16-22(29-12-4-5-13-29)19-9-10-21-20(15-19)11-14-28(21)3/h6-10,15,22H,4-5,11-14,16H2,1-3H3,(H,26,30)(H,27,31)/t22-/m0/s1. The molecule has 0 aromatic heterocycles. The highest BCUT2D eigenvalue weighted by Gasteiger charge is 2.27. The molecule has 0 spiro atoms. The maximum absolute atomic E-state index is 12.6. The molecule has 2 aliphatic heterocycles. The third-order valence-electron chi connectivity index (χ3n) is 6.58. The van der Waals surface area contributed by atoms with Gasteiger partial charge in [-0.25, -0.2) is 0 Å². The molecule has 0 radical (unpaired) electrons. The minimum Gasteiger partial charge on any atom is -0.374 e. The van der Waals surface area contributed by atoms with E-state index in [4.69, 9.17) is 0 Å². The second-order valence-electron chi connectivity index (χ2n) is 8.75. The average Bonchev–Trinajstić information content (AvgIpc) is 3.41. The van der Waals surface area contributed by atoms with Crippen molar-refractivity contribution in [1.29, 1.82) is 0 Å². The zero-order valence-electron chi connectivity index (χ0n) is 18.7. The second kappa shape index (κ2) is 9.10. The third kappa shape index (κ3) is 4.59. The normalized spacial score (nSPS) is 16.8. The molecular formula is C25H32N4O2. The number of nitrogens with one attached hydrogen (secondary N) is 2. The van der Waals surface area contributed by atoms with Crippen molar-refractivity contribution in [2.45, 2.75) is 39.2 Å². The van der Waals surface area contributed by atoms with Gasteiger partial charge in [-0.1, -0.05) is 30.3 Å². The number of anilines is 2. The third-order valence-corrected chi connectivity index (χ3v) is 6.58. The van der Waals surface area contributed by atoms with Gasteiger partial charge in [-0.3, -0.25) is 14.5 Å². The Balaban J connectivity index is 1.45. The minimum absolute atomic E-state index is 0.0793. The highest BCUT2D eigenvalue weighted by atomic mass is 16.2. The molecule has 1 fully saturated rings. The van der Waals surface area contributed by atoms with E-state index >= 15 is 0 Å². The summed E-state index contributed by atoms with van der Waals surface area (Å²) in [4.78, 5) is 29.8. The van der Waals surface area contributed by atoms with E-state index in [1.54, 1.807) is 0 Å². The van der Waals surface area contributed by atoms with Gasteiger partial charge in [0.05, 0.1) is 6.04 Å². The minimum atomic E-state index is -0.617. The summed E-state index contributed by atoms with van der Waals surface area (Å²) >= 11 is 0. The van der Waals surface area contributed by atoms with Gasteiger partial charge < -0.3 is 15.5 Å². The Morgan fingerprint density at radius 2 is 1.71 bits per heavy atom. The molecule has 0 saturated carbocycles. The lowest BCUT2D eigenvalue weighted by Crippen LogP contribution is -2.41. The van der Waals surface area contributed by atoms with Crippen molar-refractivity contribution in [3.05, 3.63) is 58.7 Å². The summed E-state index contributed by atoms with van der Waals surface area (Å²) in [5.41, 5.74) is 6.47. The number of para-hydroxylation sites is 1. The Morgan fingerprint density at radius 1 is 1.00 bits per heavy atom. The molecule has 164 valence electrons. The van der Waals surface area contributed by atoms with Crippen LogP contribution in [-0.4, -0.2) is 49.9 Å². The molecule has 31 heavy (non-hydrogen) atoms. The lowest BCUT2D eigenvalue weighted by Gasteiger charge is -2.28. The van der Waals surface area contributed by atoms with Crippen molar-refractivity contribution in [1.82, 2.24) is 10.2 Å². The predicted molar refractivity (Wildman–Crippen MR) is 125 cm³/mol. The summed E-state index contributed by atoms with van der Waals surface area (Å²) in [6.07, 6.45) is 3.40. The topological polar surface area (TPSA) is 64.7 Å². The van der Waals surface area contributed by atoms with Crippen molar-refractivity contribution in [2.24, 2.45) is 0 Å². The summed E-state index contributed by atoms with van der Waals surface area (Å²) in [6.45, 7) is 7.36. The first-order chi connectivity index (χ1) is 14.9. The van der Waals surface area contributed by atoms with Gasteiger partial charge in [0.1, 0.15) is 0 Å². The molecule has 2 aliphatic rings. The molecule has 2 N–H and O–H groups in total. The molecule has 1 saturated heterocycles. The number of likely N-dealkylation sites (tertiary alicyclic amines) is 1. The fourth-order valence-electron chi connectivity index (χ4n) is 4.76. The molecular weight excluding hydrogens is 388 g/mol. The van der Waals surface area contributed by atoms with Crippen molar-refractivity contribution in [3.8, 4) is 0 Å². The van der Waals surface area contributed by atoms with Gasteiger partial charge in [0.2, 0.25) is 0 Å². The maximum atomic E-state index is 12.6. The fourth-order valence-corrected chi connectivity index (χ4v) is 4.76. The van der Waals surface area contributed by atoms with Crippen LogP contribution in [0.25, 0.3) is 0 Å². The zero-order chi connectivity index (χ0) is 22.0. The van der Waals surface area contributed by atoms with Gasteiger partial charge in [-0.15, -0.1) is 0 Å². The molecule has 2 aromatic rings. The zero-order valence-corrected chi connectivity index (χ0v) is 18.7. The number of carbonyl (C=O) groups excluding carboxylic acids is 2. The predicted octanol–water partition coefficient (Wildman–Crippen LogP) is 3.19. The summed E-state index contributed by atoms with van der Waals surface area (Å²) < 4.78 is 0. The van der Waals surface area contributed by atoms with E-state index in [9.17, 15) is 9.59 Å². The highest BCUT2D eigenvalue weighted by Crippen LogP contribution is 2.32. The monoisotopic (exact) mass is 420 g/mol. The summed E-state index contributed by atoms with van der Waals surface area (Å²) in [5.74, 6) is -1.21. The first-order valence-electron chi connectivity index (χ1n) is 11.2. The van der Waals surface area contributed by atoms with E-state index in [0.717, 1.165) is 37.2 Å². The number of benzene rings is 2. The van der Waals surface area contributed by atoms with Crippen molar-refractivity contribution in [2.75, 3.05) is 43.4 Å². The van der Waals surface area contributed by atoms with Crippen LogP contribution >= 0.6 is 0 Å². The van der Waals surface area contributed by atoms with Crippen LogP contribution in [0.1, 0.15) is 41.1 Å². The van der Waals surface area contributed by atoms with Crippen LogP contribution in [-0.2, 0) is 16.0 Å². The molecule has 1 atom stereocenters. The van der Waals surface area contributed by atoms with Crippen LogP contribution in [0.2, 0.25) is 0 Å². The summed E-state index contributed by atoms with van der Waals surface area (Å²) in [7, 11) is 2.12. The van der Waals surface area contributed by atoms with Gasteiger partial charge in [0, 0.05) is 31.5 Å². The van der Waals surface area contributed by atoms with E-state index < -0.39 is 11.8 Å². The molecule has 2 aromatic carbocycles. The van der Waals surface area contributed by atoms with Crippen LogP contribution in [0, 0.1) is 13.8 Å². The number of fused-ring (bicyclic) bond motifs is 1. The Morgan fingerprint density at radius 3 is 2.42 bits per heavy atom. The van der Waals surface area contributed by atoms with Crippen molar-refractivity contribution < 1.29 is 9.59 Å². The van der Waals surface area contributed by atoms with Crippen LogP contribution in [0.5, 0.6) is 0 Å². The molecule has 2 heterocycles. The number of hydrogen-bond donors (Lipinski definition) is 2. The van der Waals surface area contributed by atoms with Gasteiger partial charge >= 0.3 is 11.8 Å². The van der Waals surface area contributed by atoms with Crippen molar-refractivity contribution in [3.63, 3.8) is 0 Å². The number of likely N-dealkylation sites (N-methyl/N-ethyl adjacent to an activating group) is 1. The number of carbonyl (C=O) groups is 2. The van der Waals surface area contributed by atoms with Gasteiger partial charge in [-0.2, -0.15) is 0 Å². The Labute approximate surface area is 184 Å². The lowest BCUT2D eigenvalue weighted by atomic mass is 10.0. The van der Waals surface area contributed by atoms with E-state index in [2.05, 4.69) is 45.7 Å². The Hall–Kier alpha value is -2.86. The molecule has 0 aliphatic carbocycles. The Bertz CT molecular complexity index is 961. The first-order valence-corrected chi connectivity index (χ1v) is 11.2. The van der Waals surface area contributed by atoms with Crippen LogP contribution in [0.4, 0.5) is 11.4 Å². The van der Waals surface area contributed by atoms with Crippen LogP contribution in [0.15, 0.2) is 36.4 Å². The van der Waals surface area contributed by atoms with E-state index in [1.807, 2.05) is 32.0 Å². The first kappa shape index (κ1) is 21.4. The number of aryl methyl sites for hydroxylation is 2. The molecule has 0 unspecified atom stereocenters. The van der Waals surface area contributed by atoms with E-state index in [-0.39, 0.29) is 6.04 Å². The lowest BCUT2D eigenvalue weighted by molar-refractivity contribution is -0.136. The van der Waals surface area contributed by atoms with Crippen LogP contribution in [0.3, 0.4) is 0 Å². The average molecular weight is 421 g/mol. The van der Waals surface area contributed by atoms with E-state index in [0.29, 0.717) is 12.2 Å². The fraction of sp³-hybridized carbons (Fsp3) is 0.440. The largest absolute Gasteiger partial charge is 0.374 e. The van der Waals surface area contributed by atoms with Gasteiger partial charge in [-0.05, 0) is 74.5 Å². The SMILES string of the molecule is Cc1cccc(C)c1NC(=O)C(=O)NC[C@@H](c1ccc2c(c1)CCN2C)N1CCCC1. The highest BCUT2D eigenvalue weighted by molar-refractivity contribution is 6.39. The second-order valence-corrected chi connectivity index (χ2v) is 8.75. The summed E-state index contributed by atoms with van der Waals surface area (Å²) in [6, 6.07) is 12.5. The Kier molecular flexibility index (Phi) is 6.28. The smallest absolute Gasteiger partial charge is 0.313 e. The molecule has 6 heteroatoms. The van der Waals surface area contributed by atoms with Crippen LogP contribution < -0.4 is 15.5 Å². The quantitative estimate of drug-likeness (QED) is 0.730. The van der Waals surface area contributed by atoms with Gasteiger partial charge in [0.25, 0.3) is 0 Å². The van der Waals surface area contributed by atoms with E-state index in [1.165, 1.54) is 29.7 Å². The number of hydrogen-bond acceptors (Lipinski definition) is 4. The van der Waals surface area contributed by atoms with Gasteiger partial charge in [0.15, 0.2) is 0 Å².